The highest BCUT2D eigenvalue weighted by Crippen LogP contribution is 2.24. The van der Waals surface area contributed by atoms with E-state index in [9.17, 15) is 5.11 Å². The average Bonchev–Trinajstić information content (AvgIpc) is 2.35. The van der Waals surface area contributed by atoms with E-state index in [0.717, 1.165) is 12.1 Å². The van der Waals surface area contributed by atoms with Crippen LogP contribution in [0.25, 0.3) is 0 Å². The van der Waals surface area contributed by atoms with E-state index in [4.69, 9.17) is 0 Å². The van der Waals surface area contributed by atoms with Crippen molar-refractivity contribution in [3.05, 3.63) is 34.9 Å². The first-order chi connectivity index (χ1) is 7.81. The maximum Gasteiger partial charge on any atom is 0.0914 e. The summed E-state index contributed by atoms with van der Waals surface area (Å²) < 4.78 is 0. The number of fused-ring (bicyclic) bond motifs is 1. The smallest absolute Gasteiger partial charge is 0.0914 e. The molecule has 2 rings (SSSR count). The Kier molecular flexibility index (Phi) is 3.97. The second-order valence-electron chi connectivity index (χ2n) is 4.56. The summed E-state index contributed by atoms with van der Waals surface area (Å²) in [6, 6.07) is 6.46. The number of nitrogens with one attached hydrogen (secondary N) is 1. The molecule has 0 fully saturated rings. The van der Waals surface area contributed by atoms with Crippen LogP contribution in [0.3, 0.4) is 0 Å². The number of likely N-dealkylation sites (N-methyl/N-ethyl adjacent to an activating group) is 1. The van der Waals surface area contributed by atoms with Crippen LogP contribution in [0.2, 0.25) is 0 Å². The third-order valence-electron chi connectivity index (χ3n) is 3.35. The van der Waals surface area contributed by atoms with Crippen molar-refractivity contribution >= 4 is 0 Å². The van der Waals surface area contributed by atoms with Crippen molar-refractivity contribution in [2.75, 3.05) is 13.1 Å². The van der Waals surface area contributed by atoms with Crippen LogP contribution in [0.15, 0.2) is 18.2 Å². The summed E-state index contributed by atoms with van der Waals surface area (Å²) in [5.74, 6) is 0. The lowest BCUT2D eigenvalue weighted by molar-refractivity contribution is 0.175. The Labute approximate surface area is 97.7 Å². The number of hydrogen-bond donors (Lipinski definition) is 2. The Bertz CT molecular complexity index is 349. The summed E-state index contributed by atoms with van der Waals surface area (Å²) in [6.07, 6.45) is 4.62. The Morgan fingerprint density at radius 2 is 2.00 bits per heavy atom. The van der Waals surface area contributed by atoms with E-state index in [1.165, 1.54) is 36.8 Å². The lowest BCUT2D eigenvalue weighted by atomic mass is 9.89. The average molecular weight is 219 g/mol. The van der Waals surface area contributed by atoms with Gasteiger partial charge in [0.05, 0.1) is 6.10 Å². The SMILES string of the molecule is CCNC[C@@H](O)c1ccc2c(c1)CCCC2. The molecule has 0 radical (unpaired) electrons. The molecule has 0 spiro atoms. The first kappa shape index (κ1) is 11.6. The monoisotopic (exact) mass is 219 g/mol. The van der Waals surface area contributed by atoms with Crippen LogP contribution in [0.1, 0.15) is 42.6 Å². The van der Waals surface area contributed by atoms with Gasteiger partial charge in [0.2, 0.25) is 0 Å². The van der Waals surface area contributed by atoms with E-state index >= 15 is 0 Å². The van der Waals surface area contributed by atoms with E-state index in [2.05, 4.69) is 30.4 Å². The molecule has 2 nitrogen and oxygen atoms in total. The first-order valence-corrected chi connectivity index (χ1v) is 6.31. The van der Waals surface area contributed by atoms with Crippen LogP contribution in [0.5, 0.6) is 0 Å². The largest absolute Gasteiger partial charge is 0.387 e. The van der Waals surface area contributed by atoms with Gasteiger partial charge in [-0.25, -0.2) is 0 Å². The number of benzene rings is 1. The molecule has 1 aromatic rings. The van der Waals surface area contributed by atoms with Crippen molar-refractivity contribution < 1.29 is 5.11 Å². The van der Waals surface area contributed by atoms with E-state index in [1.54, 1.807) is 0 Å². The lowest BCUT2D eigenvalue weighted by Crippen LogP contribution is -2.21. The van der Waals surface area contributed by atoms with Gasteiger partial charge >= 0.3 is 0 Å². The minimum Gasteiger partial charge on any atom is -0.387 e. The van der Waals surface area contributed by atoms with Crippen LogP contribution >= 0.6 is 0 Å². The summed E-state index contributed by atoms with van der Waals surface area (Å²) in [5, 5.41) is 13.2. The summed E-state index contributed by atoms with van der Waals surface area (Å²) in [4.78, 5) is 0. The predicted octanol–water partition coefficient (Wildman–Crippen LogP) is 2.21. The van der Waals surface area contributed by atoms with Crippen LogP contribution < -0.4 is 5.32 Å². The fraction of sp³-hybridized carbons (Fsp3) is 0.571. The second-order valence-corrected chi connectivity index (χ2v) is 4.56. The van der Waals surface area contributed by atoms with E-state index in [-0.39, 0.29) is 6.10 Å². The van der Waals surface area contributed by atoms with E-state index in [1.807, 2.05) is 0 Å². The van der Waals surface area contributed by atoms with Crippen molar-refractivity contribution in [2.45, 2.75) is 38.7 Å². The molecule has 0 aliphatic heterocycles. The number of aliphatic hydroxyl groups excluding tert-OH is 1. The van der Waals surface area contributed by atoms with Gasteiger partial charge in [0.15, 0.2) is 0 Å². The number of aryl methyl sites for hydroxylation is 2. The first-order valence-electron chi connectivity index (χ1n) is 6.31. The van der Waals surface area contributed by atoms with Crippen molar-refractivity contribution in [2.24, 2.45) is 0 Å². The zero-order valence-corrected chi connectivity index (χ0v) is 10.00. The molecule has 1 aliphatic carbocycles. The maximum atomic E-state index is 9.99. The highest BCUT2D eigenvalue weighted by atomic mass is 16.3. The third kappa shape index (κ3) is 2.63. The van der Waals surface area contributed by atoms with E-state index in [0.29, 0.717) is 6.54 Å². The summed E-state index contributed by atoms with van der Waals surface area (Å²) in [5.41, 5.74) is 3.98. The molecule has 0 amide bonds. The molecule has 1 atom stereocenters. The predicted molar refractivity (Wildman–Crippen MR) is 66.6 cm³/mol. The van der Waals surface area contributed by atoms with Crippen LogP contribution in [-0.4, -0.2) is 18.2 Å². The molecule has 1 aliphatic rings. The summed E-state index contributed by atoms with van der Waals surface area (Å²) >= 11 is 0. The molecule has 16 heavy (non-hydrogen) atoms. The number of hydrogen-bond acceptors (Lipinski definition) is 2. The van der Waals surface area contributed by atoms with Crippen molar-refractivity contribution in [1.29, 1.82) is 0 Å². The zero-order valence-electron chi connectivity index (χ0n) is 10.00. The van der Waals surface area contributed by atoms with Gasteiger partial charge in [0, 0.05) is 6.54 Å². The van der Waals surface area contributed by atoms with Crippen LogP contribution in [0, 0.1) is 0 Å². The van der Waals surface area contributed by atoms with Gasteiger partial charge in [-0.15, -0.1) is 0 Å². The molecule has 0 saturated heterocycles. The fourth-order valence-corrected chi connectivity index (χ4v) is 2.36. The molecule has 88 valence electrons. The van der Waals surface area contributed by atoms with Gasteiger partial charge < -0.3 is 10.4 Å². The Morgan fingerprint density at radius 3 is 2.75 bits per heavy atom. The highest BCUT2D eigenvalue weighted by molar-refractivity contribution is 5.34. The van der Waals surface area contributed by atoms with Gasteiger partial charge in [-0.2, -0.15) is 0 Å². The molecule has 0 bridgehead atoms. The zero-order chi connectivity index (χ0) is 11.4. The van der Waals surface area contributed by atoms with Crippen LogP contribution in [-0.2, 0) is 12.8 Å². The molecule has 0 saturated carbocycles. The number of aliphatic hydroxyl groups is 1. The van der Waals surface area contributed by atoms with Crippen molar-refractivity contribution in [3.8, 4) is 0 Å². The molecule has 1 aromatic carbocycles. The van der Waals surface area contributed by atoms with Gasteiger partial charge in [-0.3, -0.25) is 0 Å². The minimum absolute atomic E-state index is 0.368. The summed E-state index contributed by atoms with van der Waals surface area (Å²) in [6.45, 7) is 3.61. The van der Waals surface area contributed by atoms with Gasteiger partial charge in [-0.1, -0.05) is 25.1 Å². The van der Waals surface area contributed by atoms with E-state index < -0.39 is 0 Å². The summed E-state index contributed by atoms with van der Waals surface area (Å²) in [7, 11) is 0. The topological polar surface area (TPSA) is 32.3 Å². The highest BCUT2D eigenvalue weighted by Gasteiger charge is 2.12. The van der Waals surface area contributed by atoms with Crippen molar-refractivity contribution in [3.63, 3.8) is 0 Å². The molecule has 2 N–H and O–H groups in total. The Hall–Kier alpha value is -0.860. The van der Waals surface area contributed by atoms with Crippen molar-refractivity contribution in [1.82, 2.24) is 5.32 Å². The number of rotatable bonds is 4. The molecular formula is C14H21NO. The lowest BCUT2D eigenvalue weighted by Gasteiger charge is -2.18. The van der Waals surface area contributed by atoms with Gasteiger partial charge in [0.25, 0.3) is 0 Å². The molecule has 0 unspecified atom stereocenters. The minimum atomic E-state index is -0.368. The molecule has 0 heterocycles. The Morgan fingerprint density at radius 1 is 1.25 bits per heavy atom. The quantitative estimate of drug-likeness (QED) is 0.813. The third-order valence-corrected chi connectivity index (χ3v) is 3.35. The van der Waals surface area contributed by atoms with Gasteiger partial charge in [0.1, 0.15) is 0 Å². The maximum absolute atomic E-state index is 9.99. The fourth-order valence-electron chi connectivity index (χ4n) is 2.36. The van der Waals surface area contributed by atoms with Crippen LogP contribution in [0.4, 0.5) is 0 Å². The molecular weight excluding hydrogens is 198 g/mol. The second kappa shape index (κ2) is 5.46. The Balaban J connectivity index is 2.10. The molecule has 0 aromatic heterocycles. The molecule has 2 heteroatoms. The standard InChI is InChI=1S/C14H21NO/c1-2-15-10-14(16)13-8-7-11-5-3-4-6-12(11)9-13/h7-9,14-16H,2-6,10H2,1H3/t14-/m1/s1. The van der Waals surface area contributed by atoms with Gasteiger partial charge in [-0.05, 0) is 48.9 Å². The normalized spacial score (nSPS) is 16.9.